The molecule has 5 aromatic rings. The molecule has 0 bridgehead atoms. The smallest absolute Gasteiger partial charge is 0.0541 e. The predicted molar refractivity (Wildman–Crippen MR) is 144 cm³/mol. The van der Waals surface area contributed by atoms with Crippen LogP contribution in [-0.2, 0) is 0 Å². The Labute approximate surface area is 199 Å². The van der Waals surface area contributed by atoms with Crippen LogP contribution in [0.15, 0.2) is 122 Å². The maximum atomic E-state index is 6.12. The molecule has 1 aromatic heterocycles. The highest BCUT2D eigenvalue weighted by Gasteiger charge is 2.14. The summed E-state index contributed by atoms with van der Waals surface area (Å²) in [6, 6.07) is 31.9. The van der Waals surface area contributed by atoms with E-state index < -0.39 is 0 Å². The Morgan fingerprint density at radius 2 is 1.45 bits per heavy atom. The minimum Gasteiger partial charge on any atom is -0.309 e. The summed E-state index contributed by atoms with van der Waals surface area (Å²) in [7, 11) is 0. The summed E-state index contributed by atoms with van der Waals surface area (Å²) in [5.41, 5.74) is 8.09. The second-order valence-corrected chi connectivity index (χ2v) is 8.43. The molecule has 0 N–H and O–H groups in total. The van der Waals surface area contributed by atoms with Gasteiger partial charge in [-0.1, -0.05) is 84.9 Å². The molecule has 0 aliphatic carbocycles. The van der Waals surface area contributed by atoms with Gasteiger partial charge in [-0.25, -0.2) is 0 Å². The topological polar surface area (TPSA) is 4.93 Å². The number of halogens is 1. The van der Waals surface area contributed by atoms with Gasteiger partial charge in [0, 0.05) is 21.5 Å². The molecular formula is C31H24ClN. The van der Waals surface area contributed by atoms with E-state index in [0.29, 0.717) is 0 Å². The summed E-state index contributed by atoms with van der Waals surface area (Å²) >= 11 is 6.12. The van der Waals surface area contributed by atoms with Gasteiger partial charge in [-0.05, 0) is 77.7 Å². The number of hydrogen-bond acceptors (Lipinski definition) is 0. The van der Waals surface area contributed by atoms with Crippen molar-refractivity contribution in [3.8, 4) is 16.8 Å². The average Bonchev–Trinajstić information content (AvgIpc) is 3.18. The number of allylic oxidation sites excluding steroid dienone is 5. The van der Waals surface area contributed by atoms with Crippen LogP contribution in [0.4, 0.5) is 0 Å². The lowest BCUT2D eigenvalue weighted by atomic mass is 10.00. The fourth-order valence-electron chi connectivity index (χ4n) is 4.36. The molecule has 0 atom stereocenters. The Balaban J connectivity index is 1.81. The van der Waals surface area contributed by atoms with Gasteiger partial charge < -0.3 is 4.57 Å². The number of aromatic nitrogens is 1. The number of benzene rings is 4. The van der Waals surface area contributed by atoms with E-state index in [9.17, 15) is 0 Å². The van der Waals surface area contributed by atoms with Gasteiger partial charge in [0.2, 0.25) is 0 Å². The summed E-state index contributed by atoms with van der Waals surface area (Å²) in [6.45, 7) is 6.05. The Kier molecular flexibility index (Phi) is 5.73. The van der Waals surface area contributed by atoms with Crippen LogP contribution in [-0.4, -0.2) is 4.57 Å². The van der Waals surface area contributed by atoms with Crippen molar-refractivity contribution in [3.63, 3.8) is 0 Å². The van der Waals surface area contributed by atoms with E-state index in [-0.39, 0.29) is 0 Å². The number of rotatable bonds is 5. The first-order chi connectivity index (χ1) is 16.2. The summed E-state index contributed by atoms with van der Waals surface area (Å²) in [6.07, 6.45) is 8.09. The van der Waals surface area contributed by atoms with Crippen molar-refractivity contribution in [2.75, 3.05) is 0 Å². The molecule has 1 nitrogen and oxygen atoms in total. The minimum atomic E-state index is 0.745. The zero-order chi connectivity index (χ0) is 22.8. The first-order valence-electron chi connectivity index (χ1n) is 11.0. The van der Waals surface area contributed by atoms with Gasteiger partial charge in [-0.15, -0.1) is 0 Å². The summed E-state index contributed by atoms with van der Waals surface area (Å²) in [5.74, 6) is 0. The molecule has 0 saturated carbocycles. The molecule has 33 heavy (non-hydrogen) atoms. The van der Waals surface area contributed by atoms with E-state index in [1.165, 1.54) is 27.4 Å². The Morgan fingerprint density at radius 1 is 0.788 bits per heavy atom. The molecule has 0 aliphatic rings. The Hall–Kier alpha value is -3.81. The largest absolute Gasteiger partial charge is 0.309 e. The SMILES string of the molecule is C=C/C(=C\C=C/C)c1ccc2c(c1)c1cc(-c3ccc(Cl)cc3)ccc1n2-c1ccccc1. The second-order valence-electron chi connectivity index (χ2n) is 7.99. The quantitative estimate of drug-likeness (QED) is 0.237. The van der Waals surface area contributed by atoms with Crippen molar-refractivity contribution < 1.29 is 0 Å². The molecule has 1 heterocycles. The van der Waals surface area contributed by atoms with Gasteiger partial charge in [0.1, 0.15) is 0 Å². The maximum absolute atomic E-state index is 6.12. The summed E-state index contributed by atoms with van der Waals surface area (Å²) in [5, 5.41) is 3.18. The molecule has 160 valence electrons. The average molecular weight is 446 g/mol. The summed E-state index contributed by atoms with van der Waals surface area (Å²) < 4.78 is 2.34. The molecule has 0 radical (unpaired) electrons. The molecule has 0 unspecified atom stereocenters. The molecule has 0 spiro atoms. The van der Waals surface area contributed by atoms with E-state index in [1.54, 1.807) is 0 Å². The highest BCUT2D eigenvalue weighted by molar-refractivity contribution is 6.30. The molecule has 0 fully saturated rings. The van der Waals surface area contributed by atoms with Crippen LogP contribution in [0.3, 0.4) is 0 Å². The highest BCUT2D eigenvalue weighted by atomic mass is 35.5. The van der Waals surface area contributed by atoms with Crippen LogP contribution < -0.4 is 0 Å². The highest BCUT2D eigenvalue weighted by Crippen LogP contribution is 2.36. The first kappa shape index (κ1) is 21.1. The number of nitrogens with zero attached hydrogens (tertiary/aromatic N) is 1. The monoisotopic (exact) mass is 445 g/mol. The lowest BCUT2D eigenvalue weighted by Gasteiger charge is -2.08. The molecule has 5 rings (SSSR count). The van der Waals surface area contributed by atoms with E-state index in [2.05, 4.69) is 96.1 Å². The van der Waals surface area contributed by atoms with E-state index >= 15 is 0 Å². The Morgan fingerprint density at radius 3 is 2.15 bits per heavy atom. The van der Waals surface area contributed by atoms with Gasteiger partial charge in [0.05, 0.1) is 11.0 Å². The van der Waals surface area contributed by atoms with Crippen molar-refractivity contribution in [3.05, 3.63) is 132 Å². The molecule has 0 aliphatic heterocycles. The maximum Gasteiger partial charge on any atom is 0.0541 e. The van der Waals surface area contributed by atoms with Crippen molar-refractivity contribution in [2.24, 2.45) is 0 Å². The van der Waals surface area contributed by atoms with Crippen LogP contribution in [0.2, 0.25) is 5.02 Å². The fourth-order valence-corrected chi connectivity index (χ4v) is 4.49. The van der Waals surface area contributed by atoms with Gasteiger partial charge in [-0.3, -0.25) is 0 Å². The van der Waals surface area contributed by atoms with E-state index in [4.69, 9.17) is 11.6 Å². The van der Waals surface area contributed by atoms with Gasteiger partial charge >= 0.3 is 0 Å². The van der Waals surface area contributed by atoms with Crippen molar-refractivity contribution in [1.82, 2.24) is 4.57 Å². The normalized spacial score (nSPS) is 12.1. The number of para-hydroxylation sites is 1. The van der Waals surface area contributed by atoms with Crippen molar-refractivity contribution in [2.45, 2.75) is 6.92 Å². The molecule has 0 amide bonds. The fraction of sp³-hybridized carbons (Fsp3) is 0.0323. The zero-order valence-electron chi connectivity index (χ0n) is 18.5. The second kappa shape index (κ2) is 8.97. The van der Waals surface area contributed by atoms with Crippen LogP contribution in [0.5, 0.6) is 0 Å². The minimum absolute atomic E-state index is 0.745. The predicted octanol–water partition coefficient (Wildman–Crippen LogP) is 9.25. The molecule has 4 aromatic carbocycles. The summed E-state index contributed by atoms with van der Waals surface area (Å²) in [4.78, 5) is 0. The van der Waals surface area contributed by atoms with Crippen LogP contribution in [0.25, 0.3) is 44.2 Å². The first-order valence-corrected chi connectivity index (χ1v) is 11.4. The van der Waals surface area contributed by atoms with Gasteiger partial charge in [0.15, 0.2) is 0 Å². The van der Waals surface area contributed by atoms with Crippen molar-refractivity contribution >= 4 is 39.0 Å². The Bertz CT molecular complexity index is 1520. The third kappa shape index (κ3) is 3.92. The van der Waals surface area contributed by atoms with E-state index in [0.717, 1.165) is 27.4 Å². The molecule has 2 heteroatoms. The van der Waals surface area contributed by atoms with Gasteiger partial charge in [-0.2, -0.15) is 0 Å². The molecular weight excluding hydrogens is 422 g/mol. The third-order valence-corrected chi connectivity index (χ3v) is 6.23. The lowest BCUT2D eigenvalue weighted by Crippen LogP contribution is -1.93. The van der Waals surface area contributed by atoms with Crippen LogP contribution in [0.1, 0.15) is 12.5 Å². The number of hydrogen-bond donors (Lipinski definition) is 0. The lowest BCUT2D eigenvalue weighted by molar-refractivity contribution is 1.18. The van der Waals surface area contributed by atoms with Crippen LogP contribution in [0, 0.1) is 0 Å². The van der Waals surface area contributed by atoms with E-state index in [1.807, 2.05) is 37.3 Å². The van der Waals surface area contributed by atoms with Gasteiger partial charge in [0.25, 0.3) is 0 Å². The van der Waals surface area contributed by atoms with Crippen LogP contribution >= 0.6 is 11.6 Å². The number of fused-ring (bicyclic) bond motifs is 3. The standard InChI is InChI=1S/C31H24ClN/c1-3-5-9-22(4-2)24-14-18-30-28(20-24)29-21-25(23-12-16-26(32)17-13-23)15-19-31(29)33(30)27-10-7-6-8-11-27/h3-21H,2H2,1H3/b5-3-,22-9+. The third-order valence-electron chi connectivity index (χ3n) is 5.98. The zero-order valence-corrected chi connectivity index (χ0v) is 19.3. The van der Waals surface area contributed by atoms with Crippen molar-refractivity contribution in [1.29, 1.82) is 0 Å². The molecule has 0 saturated heterocycles.